The van der Waals surface area contributed by atoms with E-state index in [1.807, 2.05) is 18.2 Å². The lowest BCUT2D eigenvalue weighted by atomic mass is 10.0. The van der Waals surface area contributed by atoms with Gasteiger partial charge in [-0.1, -0.05) is 0 Å². The summed E-state index contributed by atoms with van der Waals surface area (Å²) in [6, 6.07) is 12.8. The number of aliphatic hydroxyl groups is 1. The molecule has 2 aromatic rings. The molecule has 0 spiro atoms. The van der Waals surface area contributed by atoms with Gasteiger partial charge in [0.1, 0.15) is 6.07 Å². The minimum atomic E-state index is -0.206. The zero-order valence-electron chi connectivity index (χ0n) is 14.1. The molecule has 1 aliphatic heterocycles. The number of nitriles is 1. The number of piperidine rings is 1. The van der Waals surface area contributed by atoms with Crippen LogP contribution in [0, 0.1) is 18.3 Å². The summed E-state index contributed by atoms with van der Waals surface area (Å²) in [6.07, 6.45) is 1.32. The van der Waals surface area contributed by atoms with Crippen molar-refractivity contribution in [1.29, 1.82) is 5.26 Å². The third-order valence-electron chi connectivity index (χ3n) is 4.49. The lowest BCUT2D eigenvalue weighted by Gasteiger charge is -2.32. The number of nitrogens with one attached hydrogen (secondary N) is 1. The van der Waals surface area contributed by atoms with Gasteiger partial charge in [0.25, 0.3) is 0 Å². The molecule has 1 aromatic carbocycles. The van der Waals surface area contributed by atoms with Crippen LogP contribution in [0.2, 0.25) is 0 Å². The Hall–Kier alpha value is -2.03. The first-order valence-corrected chi connectivity index (χ1v) is 9.18. The van der Waals surface area contributed by atoms with Gasteiger partial charge in [0, 0.05) is 28.5 Å². The van der Waals surface area contributed by atoms with Gasteiger partial charge in [-0.2, -0.15) is 5.26 Å². The maximum atomic E-state index is 9.65. The predicted octanol–water partition coefficient (Wildman–Crippen LogP) is 4.06. The highest BCUT2D eigenvalue weighted by atomic mass is 32.1. The van der Waals surface area contributed by atoms with Gasteiger partial charge in [0.2, 0.25) is 0 Å². The molecule has 2 N–H and O–H groups in total. The molecule has 1 unspecified atom stereocenters. The van der Waals surface area contributed by atoms with Crippen LogP contribution in [0.1, 0.15) is 41.1 Å². The Morgan fingerprint density at radius 1 is 1.29 bits per heavy atom. The van der Waals surface area contributed by atoms with Crippen LogP contribution in [0.25, 0.3) is 0 Å². The number of rotatable bonds is 4. The second kappa shape index (κ2) is 7.25. The SMILES string of the molecule is Cc1ccc(C(C)Nc2ccc(N3CCC(O)CC3)c(C#N)c2)s1. The van der Waals surface area contributed by atoms with Crippen molar-refractivity contribution in [3.05, 3.63) is 45.6 Å². The smallest absolute Gasteiger partial charge is 0.101 e. The summed E-state index contributed by atoms with van der Waals surface area (Å²) in [6.45, 7) is 5.84. The van der Waals surface area contributed by atoms with Crippen molar-refractivity contribution in [3.8, 4) is 6.07 Å². The van der Waals surface area contributed by atoms with E-state index in [1.54, 1.807) is 11.3 Å². The average molecular weight is 341 g/mol. The molecule has 0 aliphatic carbocycles. The van der Waals surface area contributed by atoms with Crippen LogP contribution in [0.5, 0.6) is 0 Å². The van der Waals surface area contributed by atoms with Crippen LogP contribution in [0.3, 0.4) is 0 Å². The van der Waals surface area contributed by atoms with E-state index in [0.29, 0.717) is 5.56 Å². The third-order valence-corrected chi connectivity index (χ3v) is 5.68. The molecule has 0 bridgehead atoms. The van der Waals surface area contributed by atoms with E-state index in [9.17, 15) is 10.4 Å². The highest BCUT2D eigenvalue weighted by molar-refractivity contribution is 7.12. The molecule has 3 rings (SSSR count). The van der Waals surface area contributed by atoms with Gasteiger partial charge in [0.05, 0.1) is 23.4 Å². The van der Waals surface area contributed by atoms with E-state index < -0.39 is 0 Å². The fraction of sp³-hybridized carbons (Fsp3) is 0.421. The molecule has 1 fully saturated rings. The number of thiophene rings is 1. The molecule has 5 heteroatoms. The van der Waals surface area contributed by atoms with Gasteiger partial charge < -0.3 is 15.3 Å². The summed E-state index contributed by atoms with van der Waals surface area (Å²) in [4.78, 5) is 4.79. The van der Waals surface area contributed by atoms with Gasteiger partial charge in [0.15, 0.2) is 0 Å². The molecule has 0 amide bonds. The van der Waals surface area contributed by atoms with Crippen LogP contribution in [-0.4, -0.2) is 24.3 Å². The van der Waals surface area contributed by atoms with Crippen LogP contribution in [0.15, 0.2) is 30.3 Å². The number of aliphatic hydroxyl groups excluding tert-OH is 1. The molecular formula is C19H23N3OS. The molecule has 1 aromatic heterocycles. The van der Waals surface area contributed by atoms with E-state index in [-0.39, 0.29) is 12.1 Å². The van der Waals surface area contributed by atoms with Crippen molar-refractivity contribution in [2.45, 2.75) is 38.8 Å². The number of hydrogen-bond acceptors (Lipinski definition) is 5. The Labute approximate surface area is 147 Å². The summed E-state index contributed by atoms with van der Waals surface area (Å²) in [5.74, 6) is 0. The second-order valence-electron chi connectivity index (χ2n) is 6.38. The van der Waals surface area contributed by atoms with Crippen molar-refractivity contribution in [2.24, 2.45) is 0 Å². The van der Waals surface area contributed by atoms with Crippen LogP contribution in [0.4, 0.5) is 11.4 Å². The van der Waals surface area contributed by atoms with Gasteiger partial charge in [-0.15, -0.1) is 11.3 Å². The molecule has 0 saturated carbocycles. The fourth-order valence-corrected chi connectivity index (χ4v) is 3.98. The molecule has 1 aliphatic rings. The number of aryl methyl sites for hydroxylation is 1. The Morgan fingerprint density at radius 2 is 2.04 bits per heavy atom. The molecule has 0 radical (unpaired) electrons. The molecule has 2 heterocycles. The lowest BCUT2D eigenvalue weighted by Crippen LogP contribution is -2.36. The van der Waals surface area contributed by atoms with Crippen molar-refractivity contribution in [3.63, 3.8) is 0 Å². The quantitative estimate of drug-likeness (QED) is 0.880. The largest absolute Gasteiger partial charge is 0.393 e. The van der Waals surface area contributed by atoms with Gasteiger partial charge in [-0.05, 0) is 57.0 Å². The van der Waals surface area contributed by atoms with Gasteiger partial charge >= 0.3 is 0 Å². The molecule has 24 heavy (non-hydrogen) atoms. The summed E-state index contributed by atoms with van der Waals surface area (Å²) in [7, 11) is 0. The summed E-state index contributed by atoms with van der Waals surface area (Å²) in [5.41, 5.74) is 2.62. The normalized spacial score (nSPS) is 16.7. The Bertz CT molecular complexity index is 741. The predicted molar refractivity (Wildman–Crippen MR) is 99.7 cm³/mol. The number of anilines is 2. The Balaban J connectivity index is 1.75. The van der Waals surface area contributed by atoms with E-state index in [4.69, 9.17) is 0 Å². The molecule has 126 valence electrons. The average Bonchev–Trinajstić information content (AvgIpc) is 3.02. The Kier molecular flexibility index (Phi) is 5.08. The maximum Gasteiger partial charge on any atom is 0.101 e. The van der Waals surface area contributed by atoms with E-state index >= 15 is 0 Å². The van der Waals surface area contributed by atoms with Crippen molar-refractivity contribution >= 4 is 22.7 Å². The summed E-state index contributed by atoms with van der Waals surface area (Å²) in [5, 5.41) is 22.7. The van der Waals surface area contributed by atoms with E-state index in [0.717, 1.165) is 37.3 Å². The molecule has 4 nitrogen and oxygen atoms in total. The number of nitrogens with zero attached hydrogens (tertiary/aromatic N) is 2. The first-order chi connectivity index (χ1) is 11.6. The van der Waals surface area contributed by atoms with Crippen LogP contribution in [-0.2, 0) is 0 Å². The lowest BCUT2D eigenvalue weighted by molar-refractivity contribution is 0.145. The second-order valence-corrected chi connectivity index (χ2v) is 7.70. The van der Waals surface area contributed by atoms with Gasteiger partial charge in [-0.3, -0.25) is 0 Å². The number of benzene rings is 1. The summed E-state index contributed by atoms with van der Waals surface area (Å²) < 4.78 is 0. The fourth-order valence-electron chi connectivity index (χ4n) is 3.11. The minimum absolute atomic E-state index is 0.206. The zero-order chi connectivity index (χ0) is 17.1. The first kappa shape index (κ1) is 16.8. The summed E-state index contributed by atoms with van der Waals surface area (Å²) >= 11 is 1.79. The zero-order valence-corrected chi connectivity index (χ0v) is 14.9. The van der Waals surface area contributed by atoms with Gasteiger partial charge in [-0.25, -0.2) is 0 Å². The maximum absolute atomic E-state index is 9.65. The van der Waals surface area contributed by atoms with Crippen molar-refractivity contribution < 1.29 is 5.11 Å². The molecular weight excluding hydrogens is 318 g/mol. The first-order valence-electron chi connectivity index (χ1n) is 8.37. The van der Waals surface area contributed by atoms with E-state index in [2.05, 4.69) is 42.3 Å². The topological polar surface area (TPSA) is 59.3 Å². The van der Waals surface area contributed by atoms with Crippen molar-refractivity contribution in [2.75, 3.05) is 23.3 Å². The number of hydrogen-bond donors (Lipinski definition) is 2. The third kappa shape index (κ3) is 3.72. The monoisotopic (exact) mass is 341 g/mol. The van der Waals surface area contributed by atoms with Crippen molar-refractivity contribution in [1.82, 2.24) is 0 Å². The Morgan fingerprint density at radius 3 is 2.67 bits per heavy atom. The van der Waals surface area contributed by atoms with Crippen LogP contribution >= 0.6 is 11.3 Å². The minimum Gasteiger partial charge on any atom is -0.393 e. The standard InChI is InChI=1S/C19H23N3OS/c1-13-3-6-19(24-13)14(2)21-16-4-5-18(15(11-16)12-20)22-9-7-17(23)8-10-22/h3-6,11,14,17,21,23H,7-10H2,1-2H3. The molecule has 1 atom stereocenters. The highest BCUT2D eigenvalue weighted by Gasteiger charge is 2.20. The highest BCUT2D eigenvalue weighted by Crippen LogP contribution is 2.30. The van der Waals surface area contributed by atoms with Crippen LogP contribution < -0.4 is 10.2 Å². The molecule has 1 saturated heterocycles. The van der Waals surface area contributed by atoms with E-state index in [1.165, 1.54) is 9.75 Å².